The number of hydrogen-bond acceptors (Lipinski definition) is 5. The lowest BCUT2D eigenvalue weighted by Crippen LogP contribution is -2.28. The Labute approximate surface area is 138 Å². The summed E-state index contributed by atoms with van der Waals surface area (Å²) in [6.45, 7) is 7.70. The first-order valence-corrected chi connectivity index (χ1v) is 7.60. The van der Waals surface area contributed by atoms with Crippen LogP contribution in [0.2, 0.25) is 0 Å². The Morgan fingerprint density at radius 2 is 2.04 bits per heavy atom. The molecule has 0 aromatic rings. The first-order valence-electron chi connectivity index (χ1n) is 7.60. The molecule has 7 nitrogen and oxygen atoms in total. The third kappa shape index (κ3) is 6.42. The van der Waals surface area contributed by atoms with Gasteiger partial charge in [-0.15, -0.1) is 0 Å². The average Bonchev–Trinajstić information content (AvgIpc) is 2.94. The topological polar surface area (TPSA) is 79.3 Å². The highest BCUT2D eigenvalue weighted by Crippen LogP contribution is 2.17. The summed E-state index contributed by atoms with van der Waals surface area (Å²) in [6.07, 6.45) is 2.50. The second-order valence-corrected chi connectivity index (χ2v) is 4.80. The molecule has 1 N–H and O–H groups in total. The van der Waals surface area contributed by atoms with Crippen molar-refractivity contribution in [2.45, 2.75) is 33.8 Å². The molecular formula is C16H28N2O5. The molecule has 0 radical (unpaired) electrons. The fourth-order valence-corrected chi connectivity index (χ4v) is 1.76. The van der Waals surface area contributed by atoms with Gasteiger partial charge >= 0.3 is 6.09 Å². The van der Waals surface area contributed by atoms with Crippen molar-refractivity contribution >= 4 is 12.0 Å². The van der Waals surface area contributed by atoms with Crippen LogP contribution in [0.25, 0.3) is 0 Å². The van der Waals surface area contributed by atoms with Crippen LogP contribution < -0.4 is 0 Å². The number of nitrogens with zero attached hydrogens (tertiary/aromatic N) is 2. The molecule has 0 spiro atoms. The molecule has 7 heteroatoms. The first-order chi connectivity index (χ1) is 10.9. The third-order valence-corrected chi connectivity index (χ3v) is 3.24. The van der Waals surface area contributed by atoms with Crippen LogP contribution >= 0.6 is 0 Å². The summed E-state index contributed by atoms with van der Waals surface area (Å²) in [6, 6.07) is 0. The van der Waals surface area contributed by atoms with Gasteiger partial charge in [-0.05, 0) is 26.0 Å². The predicted molar refractivity (Wildman–Crippen MR) is 87.6 cm³/mol. The zero-order chi connectivity index (χ0) is 18.0. The number of methoxy groups -OCH3 is 1. The van der Waals surface area contributed by atoms with Gasteiger partial charge in [-0.1, -0.05) is 13.8 Å². The largest absolute Gasteiger partial charge is 0.441 e. The summed E-state index contributed by atoms with van der Waals surface area (Å²) >= 11 is 0. The van der Waals surface area contributed by atoms with Gasteiger partial charge in [0.1, 0.15) is 12.7 Å². The quantitative estimate of drug-likeness (QED) is 0.751. The number of aliphatic hydroxyl groups is 1. The Kier molecular flexibility index (Phi) is 9.92. The van der Waals surface area contributed by atoms with E-state index in [9.17, 15) is 9.59 Å². The van der Waals surface area contributed by atoms with Crippen molar-refractivity contribution in [2.75, 3.05) is 33.9 Å². The predicted octanol–water partition coefficient (Wildman–Crippen LogP) is 1.74. The van der Waals surface area contributed by atoms with Crippen LogP contribution in [0, 0.1) is 0 Å². The minimum absolute atomic E-state index is 0.0149. The molecule has 1 heterocycles. The second-order valence-electron chi connectivity index (χ2n) is 4.80. The molecule has 1 rings (SSSR count). The molecule has 23 heavy (non-hydrogen) atoms. The zero-order valence-electron chi connectivity index (χ0n) is 14.8. The fourth-order valence-electron chi connectivity index (χ4n) is 1.76. The average molecular weight is 328 g/mol. The Morgan fingerprint density at radius 1 is 1.43 bits per heavy atom. The van der Waals surface area contributed by atoms with E-state index in [1.165, 1.54) is 16.9 Å². The van der Waals surface area contributed by atoms with E-state index in [0.717, 1.165) is 5.70 Å². The number of amides is 2. The first kappa shape index (κ1) is 21.1. The van der Waals surface area contributed by atoms with Crippen LogP contribution in [0.15, 0.2) is 23.5 Å². The number of hydrogen-bond donors (Lipinski definition) is 1. The molecule has 2 amide bonds. The lowest BCUT2D eigenvalue weighted by Gasteiger charge is -2.17. The molecular weight excluding hydrogens is 300 g/mol. The summed E-state index contributed by atoms with van der Waals surface area (Å²) in [7, 11) is 3.12. The van der Waals surface area contributed by atoms with E-state index < -0.39 is 12.2 Å². The molecule has 1 saturated heterocycles. The SMILES string of the molecule is CC.COCC(=O)N(C)/C(C)=C/C=C(\C)N1CC(CO)OC1=O. The zero-order valence-corrected chi connectivity index (χ0v) is 14.8. The second kappa shape index (κ2) is 10.8. The van der Waals surface area contributed by atoms with Gasteiger partial charge in [0.2, 0.25) is 0 Å². The van der Waals surface area contributed by atoms with Gasteiger partial charge in [0.25, 0.3) is 5.91 Å². The molecule has 1 unspecified atom stereocenters. The van der Waals surface area contributed by atoms with Gasteiger partial charge in [0, 0.05) is 25.6 Å². The smallest absolute Gasteiger partial charge is 0.414 e. The summed E-state index contributed by atoms with van der Waals surface area (Å²) in [5, 5.41) is 8.99. The van der Waals surface area contributed by atoms with E-state index in [0.29, 0.717) is 12.2 Å². The van der Waals surface area contributed by atoms with Crippen molar-refractivity contribution in [3.63, 3.8) is 0 Å². The highest BCUT2D eigenvalue weighted by Gasteiger charge is 2.31. The maximum atomic E-state index is 11.6. The van der Waals surface area contributed by atoms with E-state index in [1.54, 1.807) is 33.0 Å². The summed E-state index contributed by atoms with van der Waals surface area (Å²) in [4.78, 5) is 26.2. The minimum atomic E-state index is -0.489. The molecule has 1 fully saturated rings. The summed E-state index contributed by atoms with van der Waals surface area (Å²) in [5.41, 5.74) is 1.41. The minimum Gasteiger partial charge on any atom is -0.441 e. The number of rotatable bonds is 6. The standard InChI is InChI=1S/C14H22N2O5.C2H6/c1-10(15(3)13(18)9-20-4)5-6-11(2)16-7-12(8-17)21-14(16)19;1-2/h5-6,12,17H,7-9H2,1-4H3;1-2H3/b10-5+,11-6+;. The van der Waals surface area contributed by atoms with E-state index in [4.69, 9.17) is 14.6 Å². The van der Waals surface area contributed by atoms with E-state index >= 15 is 0 Å². The van der Waals surface area contributed by atoms with Crippen molar-refractivity contribution in [1.29, 1.82) is 0 Å². The normalized spacial score (nSPS) is 18.3. The lowest BCUT2D eigenvalue weighted by molar-refractivity contribution is -0.131. The molecule has 1 atom stereocenters. The van der Waals surface area contributed by atoms with Gasteiger partial charge < -0.3 is 19.5 Å². The summed E-state index contributed by atoms with van der Waals surface area (Å²) in [5.74, 6) is -0.154. The van der Waals surface area contributed by atoms with Gasteiger partial charge in [-0.2, -0.15) is 0 Å². The van der Waals surface area contributed by atoms with E-state index in [1.807, 2.05) is 13.8 Å². The Balaban J connectivity index is 0.00000232. The van der Waals surface area contributed by atoms with Gasteiger partial charge in [0.05, 0.1) is 13.2 Å². The van der Waals surface area contributed by atoms with Crippen molar-refractivity contribution in [3.8, 4) is 0 Å². The Hall–Kier alpha value is -1.86. The van der Waals surface area contributed by atoms with Gasteiger partial charge in [0.15, 0.2) is 0 Å². The lowest BCUT2D eigenvalue weighted by atomic mass is 10.3. The number of carbonyl (C=O) groups excluding carboxylic acids is 2. The van der Waals surface area contributed by atoms with E-state index in [-0.39, 0.29) is 19.1 Å². The Morgan fingerprint density at radius 3 is 2.52 bits per heavy atom. The van der Waals surface area contributed by atoms with Crippen molar-refractivity contribution in [1.82, 2.24) is 9.80 Å². The number of ether oxygens (including phenoxy) is 2. The number of cyclic esters (lactones) is 1. The molecule has 0 bridgehead atoms. The number of likely N-dealkylation sites (N-methyl/N-ethyl adjacent to an activating group) is 1. The number of aliphatic hydroxyl groups excluding tert-OH is 1. The van der Waals surface area contributed by atoms with E-state index in [2.05, 4.69) is 0 Å². The molecule has 0 aromatic carbocycles. The highest BCUT2D eigenvalue weighted by molar-refractivity contribution is 5.79. The monoisotopic (exact) mass is 328 g/mol. The molecule has 1 aliphatic heterocycles. The van der Waals surface area contributed by atoms with Gasteiger partial charge in [-0.3, -0.25) is 9.69 Å². The van der Waals surface area contributed by atoms with Crippen LogP contribution in [0.1, 0.15) is 27.7 Å². The van der Waals surface area contributed by atoms with Crippen LogP contribution in [0.5, 0.6) is 0 Å². The molecule has 132 valence electrons. The highest BCUT2D eigenvalue weighted by atomic mass is 16.6. The fraction of sp³-hybridized carbons (Fsp3) is 0.625. The summed E-state index contributed by atoms with van der Waals surface area (Å²) < 4.78 is 9.76. The molecule has 0 aliphatic carbocycles. The maximum Gasteiger partial charge on any atom is 0.414 e. The Bertz CT molecular complexity index is 459. The molecule has 0 aromatic heterocycles. The van der Waals surface area contributed by atoms with Crippen LogP contribution in [-0.4, -0.2) is 66.9 Å². The van der Waals surface area contributed by atoms with Crippen molar-refractivity contribution in [3.05, 3.63) is 23.5 Å². The molecule has 1 aliphatic rings. The van der Waals surface area contributed by atoms with Crippen LogP contribution in [-0.2, 0) is 14.3 Å². The number of allylic oxidation sites excluding steroid dienone is 4. The van der Waals surface area contributed by atoms with Crippen LogP contribution in [0.3, 0.4) is 0 Å². The van der Waals surface area contributed by atoms with Crippen molar-refractivity contribution < 1.29 is 24.2 Å². The van der Waals surface area contributed by atoms with Crippen LogP contribution in [0.4, 0.5) is 4.79 Å². The maximum absolute atomic E-state index is 11.6. The van der Waals surface area contributed by atoms with Gasteiger partial charge in [-0.25, -0.2) is 4.79 Å². The molecule has 0 saturated carbocycles. The number of carbonyl (C=O) groups is 2. The van der Waals surface area contributed by atoms with Crippen molar-refractivity contribution in [2.24, 2.45) is 0 Å². The third-order valence-electron chi connectivity index (χ3n) is 3.24.